The number of ether oxygens (including phenoxy) is 1. The SMILES string of the molecule is CC(C)(C)OC(=O)NCC1(O)CCC2(CCNCC2)CC1. The molecule has 0 aromatic carbocycles. The molecule has 0 bridgehead atoms. The van der Waals surface area contributed by atoms with Crippen molar-refractivity contribution in [1.82, 2.24) is 10.6 Å². The number of piperidine rings is 1. The predicted octanol–water partition coefficient (Wildman–Crippen LogP) is 2.19. The number of aliphatic hydroxyl groups is 1. The largest absolute Gasteiger partial charge is 0.444 e. The molecule has 5 heteroatoms. The van der Waals surface area contributed by atoms with E-state index in [1.165, 1.54) is 12.8 Å². The van der Waals surface area contributed by atoms with Crippen LogP contribution in [-0.2, 0) is 4.74 Å². The molecular formula is C16H30N2O3. The number of hydrogen-bond acceptors (Lipinski definition) is 4. The Morgan fingerprint density at radius 2 is 1.71 bits per heavy atom. The maximum atomic E-state index is 11.7. The number of carbonyl (C=O) groups excluding carboxylic acids is 1. The highest BCUT2D eigenvalue weighted by atomic mass is 16.6. The van der Waals surface area contributed by atoms with Crippen LogP contribution in [0.15, 0.2) is 0 Å². The quantitative estimate of drug-likeness (QED) is 0.731. The van der Waals surface area contributed by atoms with Gasteiger partial charge >= 0.3 is 6.09 Å². The summed E-state index contributed by atoms with van der Waals surface area (Å²) >= 11 is 0. The van der Waals surface area contributed by atoms with Crippen molar-refractivity contribution in [2.45, 2.75) is 70.5 Å². The number of amides is 1. The van der Waals surface area contributed by atoms with Crippen LogP contribution in [-0.4, -0.2) is 42.0 Å². The van der Waals surface area contributed by atoms with Gasteiger partial charge in [-0.15, -0.1) is 0 Å². The minimum absolute atomic E-state index is 0.288. The minimum Gasteiger partial charge on any atom is -0.444 e. The van der Waals surface area contributed by atoms with E-state index < -0.39 is 17.3 Å². The van der Waals surface area contributed by atoms with Crippen LogP contribution in [0.4, 0.5) is 4.79 Å². The molecule has 2 fully saturated rings. The molecule has 0 unspecified atom stereocenters. The first-order valence-corrected chi connectivity index (χ1v) is 8.12. The van der Waals surface area contributed by atoms with Crippen molar-refractivity contribution in [2.24, 2.45) is 5.41 Å². The molecule has 0 aromatic rings. The second-order valence-corrected chi connectivity index (χ2v) is 7.83. The van der Waals surface area contributed by atoms with E-state index in [0.717, 1.165) is 38.8 Å². The maximum Gasteiger partial charge on any atom is 0.407 e. The molecule has 5 nitrogen and oxygen atoms in total. The molecule has 1 aliphatic carbocycles. The van der Waals surface area contributed by atoms with Crippen LogP contribution in [0.5, 0.6) is 0 Å². The Kier molecular flexibility index (Phi) is 4.83. The molecular weight excluding hydrogens is 268 g/mol. The molecule has 1 saturated carbocycles. The molecule has 1 aliphatic heterocycles. The monoisotopic (exact) mass is 298 g/mol. The van der Waals surface area contributed by atoms with Crippen molar-refractivity contribution >= 4 is 6.09 Å². The van der Waals surface area contributed by atoms with Gasteiger partial charge in [-0.25, -0.2) is 4.79 Å². The summed E-state index contributed by atoms with van der Waals surface area (Å²) in [7, 11) is 0. The fourth-order valence-electron chi connectivity index (χ4n) is 3.43. The van der Waals surface area contributed by atoms with E-state index in [1.54, 1.807) is 0 Å². The van der Waals surface area contributed by atoms with E-state index in [9.17, 15) is 9.90 Å². The van der Waals surface area contributed by atoms with Gasteiger partial charge in [-0.2, -0.15) is 0 Å². The normalized spacial score (nSPS) is 24.6. The lowest BCUT2D eigenvalue weighted by molar-refractivity contribution is -0.0422. The Hall–Kier alpha value is -0.810. The number of hydrogen-bond donors (Lipinski definition) is 3. The second-order valence-electron chi connectivity index (χ2n) is 7.83. The molecule has 1 amide bonds. The van der Waals surface area contributed by atoms with Crippen LogP contribution in [0.1, 0.15) is 59.3 Å². The fraction of sp³-hybridized carbons (Fsp3) is 0.938. The molecule has 0 radical (unpaired) electrons. The van der Waals surface area contributed by atoms with Crippen LogP contribution in [0.25, 0.3) is 0 Å². The summed E-state index contributed by atoms with van der Waals surface area (Å²) < 4.78 is 5.21. The Morgan fingerprint density at radius 1 is 1.14 bits per heavy atom. The molecule has 0 aromatic heterocycles. The summed E-state index contributed by atoms with van der Waals surface area (Å²) in [5.74, 6) is 0. The minimum atomic E-state index is -0.771. The van der Waals surface area contributed by atoms with Crippen molar-refractivity contribution in [3.8, 4) is 0 Å². The van der Waals surface area contributed by atoms with Crippen LogP contribution in [0, 0.1) is 5.41 Å². The maximum absolute atomic E-state index is 11.7. The first kappa shape index (κ1) is 16.6. The van der Waals surface area contributed by atoms with Gasteiger partial charge in [0, 0.05) is 6.54 Å². The van der Waals surface area contributed by atoms with E-state index in [-0.39, 0.29) is 6.54 Å². The van der Waals surface area contributed by atoms with E-state index in [1.807, 2.05) is 20.8 Å². The van der Waals surface area contributed by atoms with E-state index in [2.05, 4.69) is 10.6 Å². The topological polar surface area (TPSA) is 70.6 Å². The summed E-state index contributed by atoms with van der Waals surface area (Å²) in [6.07, 6.45) is 5.62. The lowest BCUT2D eigenvalue weighted by atomic mass is 9.64. The number of nitrogens with one attached hydrogen (secondary N) is 2. The first-order chi connectivity index (χ1) is 9.72. The van der Waals surface area contributed by atoms with Crippen molar-refractivity contribution < 1.29 is 14.6 Å². The third-order valence-electron chi connectivity index (χ3n) is 4.87. The zero-order valence-corrected chi connectivity index (χ0v) is 13.6. The van der Waals surface area contributed by atoms with Crippen molar-refractivity contribution in [1.29, 1.82) is 0 Å². The molecule has 122 valence electrons. The van der Waals surface area contributed by atoms with Gasteiger partial charge in [0.2, 0.25) is 0 Å². The highest BCUT2D eigenvalue weighted by molar-refractivity contribution is 5.67. The van der Waals surface area contributed by atoms with E-state index in [4.69, 9.17) is 4.74 Å². The Labute approximate surface area is 127 Å². The smallest absolute Gasteiger partial charge is 0.407 e. The van der Waals surface area contributed by atoms with Gasteiger partial charge in [0.1, 0.15) is 5.60 Å². The Balaban J connectivity index is 1.78. The average Bonchev–Trinajstić information content (AvgIpc) is 2.40. The average molecular weight is 298 g/mol. The Bertz CT molecular complexity index is 360. The third-order valence-corrected chi connectivity index (χ3v) is 4.87. The van der Waals surface area contributed by atoms with Crippen LogP contribution >= 0.6 is 0 Å². The standard InChI is InChI=1S/C16H30N2O3/c1-14(2,3)21-13(19)18-12-16(20)6-4-15(5-7-16)8-10-17-11-9-15/h17,20H,4-12H2,1-3H3,(H,18,19). The highest BCUT2D eigenvalue weighted by Gasteiger charge is 2.42. The summed E-state index contributed by atoms with van der Waals surface area (Å²) in [6.45, 7) is 7.98. The van der Waals surface area contributed by atoms with Gasteiger partial charge in [-0.3, -0.25) is 0 Å². The summed E-state index contributed by atoms with van der Waals surface area (Å²) in [5, 5.41) is 16.8. The van der Waals surface area contributed by atoms with Gasteiger partial charge in [-0.1, -0.05) is 0 Å². The first-order valence-electron chi connectivity index (χ1n) is 8.12. The highest BCUT2D eigenvalue weighted by Crippen LogP contribution is 2.46. The number of carbonyl (C=O) groups is 1. The molecule has 0 atom stereocenters. The van der Waals surface area contributed by atoms with E-state index in [0.29, 0.717) is 5.41 Å². The van der Waals surface area contributed by atoms with Crippen LogP contribution in [0.3, 0.4) is 0 Å². The number of alkyl carbamates (subject to hydrolysis) is 1. The van der Waals surface area contributed by atoms with Crippen molar-refractivity contribution in [3.63, 3.8) is 0 Å². The molecule has 2 aliphatic rings. The molecule has 1 heterocycles. The number of rotatable bonds is 2. The van der Waals surface area contributed by atoms with Crippen LogP contribution in [0.2, 0.25) is 0 Å². The second kappa shape index (κ2) is 6.13. The van der Waals surface area contributed by atoms with E-state index >= 15 is 0 Å². The molecule has 21 heavy (non-hydrogen) atoms. The Morgan fingerprint density at radius 3 is 2.24 bits per heavy atom. The summed E-state index contributed by atoms with van der Waals surface area (Å²) in [4.78, 5) is 11.7. The van der Waals surface area contributed by atoms with Gasteiger partial charge in [-0.05, 0) is 77.8 Å². The van der Waals surface area contributed by atoms with Gasteiger partial charge < -0.3 is 20.5 Å². The summed E-state index contributed by atoms with van der Waals surface area (Å²) in [5.41, 5.74) is -0.852. The summed E-state index contributed by atoms with van der Waals surface area (Å²) in [6, 6.07) is 0. The molecule has 3 N–H and O–H groups in total. The zero-order chi connectivity index (χ0) is 15.6. The lowest BCUT2D eigenvalue weighted by Crippen LogP contribution is -2.50. The molecule has 1 saturated heterocycles. The third kappa shape index (κ3) is 4.85. The van der Waals surface area contributed by atoms with Crippen LogP contribution < -0.4 is 10.6 Å². The van der Waals surface area contributed by atoms with Crippen molar-refractivity contribution in [2.75, 3.05) is 19.6 Å². The fourth-order valence-corrected chi connectivity index (χ4v) is 3.43. The van der Waals surface area contributed by atoms with Crippen molar-refractivity contribution in [3.05, 3.63) is 0 Å². The van der Waals surface area contributed by atoms with Gasteiger partial charge in [0.15, 0.2) is 0 Å². The van der Waals surface area contributed by atoms with Gasteiger partial charge in [0.25, 0.3) is 0 Å². The van der Waals surface area contributed by atoms with Gasteiger partial charge in [0.05, 0.1) is 5.60 Å². The molecule has 1 spiro atoms. The predicted molar refractivity (Wildman–Crippen MR) is 82.2 cm³/mol. The molecule has 2 rings (SSSR count). The lowest BCUT2D eigenvalue weighted by Gasteiger charge is -2.46. The zero-order valence-electron chi connectivity index (χ0n) is 13.6.